The molecule has 0 aliphatic carbocycles. The van der Waals surface area contributed by atoms with Gasteiger partial charge < -0.3 is 15.0 Å². The summed E-state index contributed by atoms with van der Waals surface area (Å²) in [7, 11) is 0. The van der Waals surface area contributed by atoms with Crippen LogP contribution in [0, 0.1) is 11.6 Å². The van der Waals surface area contributed by atoms with Gasteiger partial charge in [0.25, 0.3) is 5.91 Å². The van der Waals surface area contributed by atoms with E-state index in [2.05, 4.69) is 10.3 Å². The van der Waals surface area contributed by atoms with E-state index in [9.17, 15) is 18.4 Å². The second-order valence-corrected chi connectivity index (χ2v) is 7.21. The Morgan fingerprint density at radius 3 is 2.74 bits per heavy atom. The maximum atomic E-state index is 13.6. The quantitative estimate of drug-likeness (QED) is 0.677. The highest BCUT2D eigenvalue weighted by Crippen LogP contribution is 2.29. The summed E-state index contributed by atoms with van der Waals surface area (Å²) in [5.41, 5.74) is 2.56. The lowest BCUT2D eigenvalue weighted by molar-refractivity contribution is -0.136. The number of fused-ring (bicyclic) bond motifs is 2. The molecule has 0 fully saturated rings. The van der Waals surface area contributed by atoms with Crippen LogP contribution in [-0.4, -0.2) is 41.5 Å². The number of anilines is 1. The SMILES string of the molecule is CCOCC(=O)N1CCc2nc3ccccc3c(C(=O)Nc3ccc(F)c(F)c3)c2C1. The van der Waals surface area contributed by atoms with Crippen molar-refractivity contribution in [3.63, 3.8) is 0 Å². The van der Waals surface area contributed by atoms with Crippen LogP contribution in [0.1, 0.15) is 28.5 Å². The Labute approximate surface area is 177 Å². The Morgan fingerprint density at radius 2 is 1.97 bits per heavy atom. The number of aromatic nitrogens is 1. The molecule has 3 aromatic rings. The van der Waals surface area contributed by atoms with Crippen LogP contribution in [0.25, 0.3) is 10.9 Å². The van der Waals surface area contributed by atoms with Gasteiger partial charge >= 0.3 is 0 Å². The minimum atomic E-state index is -1.05. The third kappa shape index (κ3) is 4.25. The maximum absolute atomic E-state index is 13.6. The summed E-state index contributed by atoms with van der Waals surface area (Å²) in [6.07, 6.45) is 0.503. The summed E-state index contributed by atoms with van der Waals surface area (Å²) in [5, 5.41) is 3.27. The maximum Gasteiger partial charge on any atom is 0.256 e. The van der Waals surface area contributed by atoms with Crippen LogP contribution < -0.4 is 5.32 Å². The molecule has 1 aromatic heterocycles. The standard InChI is InChI=1S/C23H21F2N3O3/c1-2-31-13-21(29)28-10-9-20-16(12-28)22(15-5-3-4-6-19(15)27-20)23(30)26-14-7-8-17(24)18(25)11-14/h3-8,11H,2,9-10,12-13H2,1H3,(H,26,30). The molecule has 0 spiro atoms. The summed E-state index contributed by atoms with van der Waals surface area (Å²) in [4.78, 5) is 32.1. The van der Waals surface area contributed by atoms with Gasteiger partial charge in [0.2, 0.25) is 5.91 Å². The van der Waals surface area contributed by atoms with E-state index in [1.54, 1.807) is 17.0 Å². The Bertz CT molecular complexity index is 1170. The zero-order valence-electron chi connectivity index (χ0n) is 17.0. The lowest BCUT2D eigenvalue weighted by Crippen LogP contribution is -2.39. The summed E-state index contributed by atoms with van der Waals surface area (Å²) in [6.45, 7) is 2.93. The molecule has 160 valence electrons. The fourth-order valence-electron chi connectivity index (χ4n) is 3.71. The number of rotatable bonds is 5. The molecule has 0 saturated heterocycles. The van der Waals surface area contributed by atoms with Crippen LogP contribution in [0.2, 0.25) is 0 Å². The third-order valence-electron chi connectivity index (χ3n) is 5.23. The van der Waals surface area contributed by atoms with Crippen molar-refractivity contribution in [2.45, 2.75) is 19.9 Å². The zero-order chi connectivity index (χ0) is 22.0. The predicted molar refractivity (Wildman–Crippen MR) is 112 cm³/mol. The zero-order valence-corrected chi connectivity index (χ0v) is 17.0. The van der Waals surface area contributed by atoms with Crippen LogP contribution in [0.4, 0.5) is 14.5 Å². The first kappa shape index (κ1) is 20.9. The number of hydrogen-bond donors (Lipinski definition) is 1. The van der Waals surface area contributed by atoms with Crippen LogP contribution in [-0.2, 0) is 22.5 Å². The average molecular weight is 425 g/mol. The van der Waals surface area contributed by atoms with Gasteiger partial charge in [-0.15, -0.1) is 0 Å². The first-order valence-corrected chi connectivity index (χ1v) is 10.00. The molecule has 1 aliphatic rings. The van der Waals surface area contributed by atoms with Crippen molar-refractivity contribution in [2.24, 2.45) is 0 Å². The molecule has 0 bridgehead atoms. The van der Waals surface area contributed by atoms with Crippen LogP contribution in [0.15, 0.2) is 42.5 Å². The molecule has 31 heavy (non-hydrogen) atoms. The Balaban J connectivity index is 1.73. The van der Waals surface area contributed by atoms with E-state index < -0.39 is 17.5 Å². The number of hydrogen-bond acceptors (Lipinski definition) is 4. The molecule has 0 atom stereocenters. The number of benzene rings is 2. The Morgan fingerprint density at radius 1 is 1.16 bits per heavy atom. The number of carbonyl (C=O) groups is 2. The molecule has 0 unspecified atom stereocenters. The fourth-order valence-corrected chi connectivity index (χ4v) is 3.71. The molecule has 2 amide bonds. The number of amides is 2. The van der Waals surface area contributed by atoms with Gasteiger partial charge in [0.05, 0.1) is 11.1 Å². The molecule has 4 rings (SSSR count). The third-order valence-corrected chi connectivity index (χ3v) is 5.23. The van der Waals surface area contributed by atoms with Crippen LogP contribution in [0.5, 0.6) is 0 Å². The molecule has 2 heterocycles. The van der Waals surface area contributed by atoms with Gasteiger partial charge in [0.15, 0.2) is 11.6 Å². The van der Waals surface area contributed by atoms with Crippen molar-refractivity contribution in [3.05, 3.63) is 70.9 Å². The van der Waals surface area contributed by atoms with Gasteiger partial charge in [-0.05, 0) is 25.1 Å². The van der Waals surface area contributed by atoms with Crippen molar-refractivity contribution in [1.82, 2.24) is 9.88 Å². The number of nitrogens with zero attached hydrogens (tertiary/aromatic N) is 2. The molecule has 8 heteroatoms. The minimum absolute atomic E-state index is 0.0246. The number of pyridine rings is 1. The highest BCUT2D eigenvalue weighted by molar-refractivity contribution is 6.13. The molecule has 1 aliphatic heterocycles. The van der Waals surface area contributed by atoms with Gasteiger partial charge in [-0.1, -0.05) is 18.2 Å². The van der Waals surface area contributed by atoms with Crippen molar-refractivity contribution >= 4 is 28.4 Å². The first-order valence-electron chi connectivity index (χ1n) is 10.00. The van der Waals surface area contributed by atoms with E-state index >= 15 is 0 Å². The number of nitrogens with one attached hydrogen (secondary N) is 1. The number of halogens is 2. The number of carbonyl (C=O) groups excluding carboxylic acids is 2. The van der Waals surface area contributed by atoms with E-state index in [1.165, 1.54) is 6.07 Å². The van der Waals surface area contributed by atoms with Crippen LogP contribution >= 0.6 is 0 Å². The van der Waals surface area contributed by atoms with Crippen molar-refractivity contribution in [1.29, 1.82) is 0 Å². The van der Waals surface area contributed by atoms with Crippen molar-refractivity contribution in [3.8, 4) is 0 Å². The molecule has 6 nitrogen and oxygen atoms in total. The van der Waals surface area contributed by atoms with Gasteiger partial charge in [0, 0.05) is 54.5 Å². The summed E-state index contributed by atoms with van der Waals surface area (Å²) < 4.78 is 32.1. The molecule has 2 aromatic carbocycles. The highest BCUT2D eigenvalue weighted by Gasteiger charge is 2.28. The largest absolute Gasteiger partial charge is 0.372 e. The van der Waals surface area contributed by atoms with Gasteiger partial charge in [-0.3, -0.25) is 14.6 Å². The molecular weight excluding hydrogens is 404 g/mol. The Kier molecular flexibility index (Phi) is 5.90. The topological polar surface area (TPSA) is 71.5 Å². The smallest absolute Gasteiger partial charge is 0.256 e. The lowest BCUT2D eigenvalue weighted by Gasteiger charge is -2.30. The summed E-state index contributed by atoms with van der Waals surface area (Å²) in [6, 6.07) is 10.4. The first-order chi connectivity index (χ1) is 15.0. The second kappa shape index (κ2) is 8.77. The van der Waals surface area contributed by atoms with Gasteiger partial charge in [-0.25, -0.2) is 8.78 Å². The monoisotopic (exact) mass is 425 g/mol. The summed E-state index contributed by atoms with van der Waals surface area (Å²) in [5.74, 6) is -2.67. The highest BCUT2D eigenvalue weighted by atomic mass is 19.2. The lowest BCUT2D eigenvalue weighted by atomic mass is 9.95. The average Bonchev–Trinajstić information content (AvgIpc) is 2.77. The van der Waals surface area contributed by atoms with E-state index in [0.29, 0.717) is 41.6 Å². The van der Waals surface area contributed by atoms with Gasteiger partial charge in [0.1, 0.15) is 6.61 Å². The molecular formula is C23H21F2N3O3. The van der Waals surface area contributed by atoms with Gasteiger partial charge in [-0.2, -0.15) is 0 Å². The predicted octanol–water partition coefficient (Wildman–Crippen LogP) is 3.69. The fraction of sp³-hybridized carbons (Fsp3) is 0.261. The molecule has 1 N–H and O–H groups in total. The van der Waals surface area contributed by atoms with E-state index in [4.69, 9.17) is 4.74 Å². The number of para-hydroxylation sites is 1. The van der Waals surface area contributed by atoms with E-state index in [1.807, 2.05) is 19.1 Å². The van der Waals surface area contributed by atoms with Crippen LogP contribution in [0.3, 0.4) is 0 Å². The second-order valence-electron chi connectivity index (χ2n) is 7.21. The Hall–Kier alpha value is -3.39. The normalized spacial score (nSPS) is 13.2. The molecule has 0 radical (unpaired) electrons. The van der Waals surface area contributed by atoms with E-state index in [-0.39, 0.29) is 24.7 Å². The number of ether oxygens (including phenoxy) is 1. The summed E-state index contributed by atoms with van der Waals surface area (Å²) >= 11 is 0. The van der Waals surface area contributed by atoms with E-state index in [0.717, 1.165) is 17.8 Å². The minimum Gasteiger partial charge on any atom is -0.372 e. The van der Waals surface area contributed by atoms with Crippen molar-refractivity contribution in [2.75, 3.05) is 25.1 Å². The van der Waals surface area contributed by atoms with Crippen molar-refractivity contribution < 1.29 is 23.1 Å². The molecule has 0 saturated carbocycles.